The van der Waals surface area contributed by atoms with Crippen molar-refractivity contribution in [3.8, 4) is 17.2 Å². The van der Waals surface area contributed by atoms with E-state index >= 15 is 0 Å². The minimum atomic E-state index is -0.934. The smallest absolute Gasteiger partial charge is 0.317 e. The van der Waals surface area contributed by atoms with Crippen LogP contribution in [0, 0.1) is 5.92 Å². The number of ether oxygens (including phenoxy) is 4. The Labute approximate surface area is 135 Å². The Bertz CT molecular complexity index is 636. The van der Waals surface area contributed by atoms with E-state index in [9.17, 15) is 9.59 Å². The maximum atomic E-state index is 12.3. The topological polar surface area (TPSA) is 71.1 Å². The summed E-state index contributed by atoms with van der Waals surface area (Å²) in [5.74, 6) is -0.739. The van der Waals surface area contributed by atoms with Crippen molar-refractivity contribution in [2.75, 3.05) is 28.4 Å². The predicted molar refractivity (Wildman–Crippen MR) is 83.1 cm³/mol. The van der Waals surface area contributed by atoms with E-state index in [0.717, 1.165) is 0 Å². The zero-order valence-electron chi connectivity index (χ0n) is 13.8. The highest BCUT2D eigenvalue weighted by atomic mass is 16.5. The minimum Gasteiger partial charge on any atom is -0.496 e. The molecule has 0 saturated carbocycles. The van der Waals surface area contributed by atoms with Gasteiger partial charge in [0.15, 0.2) is 5.78 Å². The van der Waals surface area contributed by atoms with Crippen LogP contribution in [0.5, 0.6) is 17.2 Å². The molecule has 0 aromatic heterocycles. The molecule has 1 aliphatic carbocycles. The number of methoxy groups -OCH3 is 4. The van der Waals surface area contributed by atoms with E-state index in [2.05, 4.69) is 0 Å². The normalized spacial score (nSPS) is 20.0. The third kappa shape index (κ3) is 2.88. The first-order valence-electron chi connectivity index (χ1n) is 7.08. The van der Waals surface area contributed by atoms with Crippen LogP contribution in [-0.2, 0) is 14.3 Å². The van der Waals surface area contributed by atoms with E-state index in [1.54, 1.807) is 25.1 Å². The van der Waals surface area contributed by atoms with Gasteiger partial charge in [0.2, 0.25) is 0 Å². The summed E-state index contributed by atoms with van der Waals surface area (Å²) in [4.78, 5) is 24.4. The Balaban J connectivity index is 2.63. The largest absolute Gasteiger partial charge is 0.496 e. The van der Waals surface area contributed by atoms with Crippen molar-refractivity contribution in [3.63, 3.8) is 0 Å². The van der Waals surface area contributed by atoms with Crippen LogP contribution < -0.4 is 14.2 Å². The fourth-order valence-electron chi connectivity index (χ4n) is 2.85. The second-order valence-electron chi connectivity index (χ2n) is 5.19. The summed E-state index contributed by atoms with van der Waals surface area (Å²) in [7, 11) is 5.83. The molecule has 0 fully saturated rings. The Morgan fingerprint density at radius 1 is 1.00 bits per heavy atom. The van der Waals surface area contributed by atoms with Crippen molar-refractivity contribution in [2.24, 2.45) is 5.92 Å². The maximum absolute atomic E-state index is 12.3. The number of ketones is 1. The highest BCUT2D eigenvalue weighted by Crippen LogP contribution is 2.46. The lowest BCUT2D eigenvalue weighted by Crippen LogP contribution is -2.27. The number of esters is 1. The van der Waals surface area contributed by atoms with E-state index in [1.165, 1.54) is 28.4 Å². The lowest BCUT2D eigenvalue weighted by molar-refractivity contribution is -0.148. The van der Waals surface area contributed by atoms with Gasteiger partial charge in [0.1, 0.15) is 23.2 Å². The van der Waals surface area contributed by atoms with E-state index in [0.29, 0.717) is 28.4 Å². The van der Waals surface area contributed by atoms with Crippen LogP contribution in [0.3, 0.4) is 0 Å². The van der Waals surface area contributed by atoms with Gasteiger partial charge in [-0.15, -0.1) is 0 Å². The second-order valence-corrected chi connectivity index (χ2v) is 5.19. The van der Waals surface area contributed by atoms with Crippen LogP contribution in [0.15, 0.2) is 23.8 Å². The summed E-state index contributed by atoms with van der Waals surface area (Å²) in [5.41, 5.74) is 1.14. The average Bonchev–Trinajstić information content (AvgIpc) is 2.87. The number of allylic oxidation sites excluding steroid dienone is 2. The number of carbonyl (C=O) groups is 2. The Morgan fingerprint density at radius 3 is 2.00 bits per heavy atom. The Morgan fingerprint density at radius 2 is 1.57 bits per heavy atom. The molecule has 0 amide bonds. The third-order valence-corrected chi connectivity index (χ3v) is 4.00. The fourth-order valence-corrected chi connectivity index (χ4v) is 2.85. The molecule has 23 heavy (non-hydrogen) atoms. The summed E-state index contributed by atoms with van der Waals surface area (Å²) in [6, 6.07) is 3.39. The number of benzene rings is 1. The summed E-state index contributed by atoms with van der Waals surface area (Å²) >= 11 is 0. The number of hydrogen-bond acceptors (Lipinski definition) is 6. The van der Waals surface area contributed by atoms with Gasteiger partial charge in [-0.1, -0.05) is 6.08 Å². The van der Waals surface area contributed by atoms with E-state index in [4.69, 9.17) is 18.9 Å². The van der Waals surface area contributed by atoms with Crippen molar-refractivity contribution in [3.05, 3.63) is 29.3 Å². The molecule has 0 bridgehead atoms. The van der Waals surface area contributed by atoms with Gasteiger partial charge in [-0.05, 0) is 12.5 Å². The zero-order chi connectivity index (χ0) is 17.1. The maximum Gasteiger partial charge on any atom is 0.317 e. The summed E-state index contributed by atoms with van der Waals surface area (Å²) in [5, 5.41) is 0. The first-order chi connectivity index (χ1) is 11.0. The van der Waals surface area contributed by atoms with E-state index < -0.39 is 17.8 Å². The van der Waals surface area contributed by atoms with Crippen LogP contribution in [-0.4, -0.2) is 40.2 Å². The van der Waals surface area contributed by atoms with Crippen LogP contribution in [0.25, 0.3) is 0 Å². The van der Waals surface area contributed by atoms with Gasteiger partial charge in [0, 0.05) is 23.6 Å². The molecule has 0 unspecified atom stereocenters. The van der Waals surface area contributed by atoms with Crippen molar-refractivity contribution < 1.29 is 28.5 Å². The van der Waals surface area contributed by atoms with Crippen LogP contribution in [0.2, 0.25) is 0 Å². The highest BCUT2D eigenvalue weighted by molar-refractivity contribution is 6.11. The molecule has 0 aliphatic heterocycles. The standard InChI is InChI=1S/C17H20O6/c1-9-6-11(15(16(9)18)17(19)23-5)14-12(21-3)7-10(20-2)8-13(14)22-4/h6-8,11,15H,1-5H3/t11-,15-/m0/s1. The molecule has 2 rings (SSSR count). The molecule has 1 aliphatic rings. The molecule has 6 nitrogen and oxygen atoms in total. The molecule has 0 N–H and O–H groups in total. The van der Waals surface area contributed by atoms with Gasteiger partial charge < -0.3 is 18.9 Å². The Kier molecular flexibility index (Phi) is 4.93. The minimum absolute atomic E-state index is 0.248. The van der Waals surface area contributed by atoms with Crippen LogP contribution in [0.1, 0.15) is 18.4 Å². The number of carbonyl (C=O) groups excluding carboxylic acids is 2. The van der Waals surface area contributed by atoms with Crippen molar-refractivity contribution in [1.82, 2.24) is 0 Å². The van der Waals surface area contributed by atoms with Gasteiger partial charge in [0.05, 0.1) is 28.4 Å². The lowest BCUT2D eigenvalue weighted by atomic mass is 9.86. The molecular weight excluding hydrogens is 300 g/mol. The van der Waals surface area contributed by atoms with Crippen molar-refractivity contribution in [2.45, 2.75) is 12.8 Å². The number of rotatable bonds is 5. The summed E-state index contributed by atoms with van der Waals surface area (Å²) < 4.78 is 20.9. The summed E-state index contributed by atoms with van der Waals surface area (Å²) in [6.45, 7) is 1.68. The molecule has 2 atom stereocenters. The molecule has 1 aromatic rings. The molecule has 6 heteroatoms. The van der Waals surface area contributed by atoms with Crippen molar-refractivity contribution >= 4 is 11.8 Å². The summed E-state index contributed by atoms with van der Waals surface area (Å²) in [6.07, 6.45) is 1.75. The quantitative estimate of drug-likeness (QED) is 0.611. The zero-order valence-corrected chi connectivity index (χ0v) is 13.8. The Hall–Kier alpha value is -2.50. The first kappa shape index (κ1) is 16.9. The number of hydrogen-bond donors (Lipinski definition) is 0. The molecule has 0 heterocycles. The molecule has 124 valence electrons. The third-order valence-electron chi connectivity index (χ3n) is 4.00. The highest BCUT2D eigenvalue weighted by Gasteiger charge is 2.43. The molecule has 0 saturated heterocycles. The second kappa shape index (κ2) is 6.73. The van der Waals surface area contributed by atoms with Gasteiger partial charge in [-0.3, -0.25) is 9.59 Å². The first-order valence-corrected chi connectivity index (χ1v) is 7.08. The molecule has 0 radical (unpaired) electrons. The van der Waals surface area contributed by atoms with Crippen LogP contribution in [0.4, 0.5) is 0 Å². The van der Waals surface area contributed by atoms with Crippen molar-refractivity contribution in [1.29, 1.82) is 0 Å². The lowest BCUT2D eigenvalue weighted by Gasteiger charge is -2.22. The van der Waals surface area contributed by atoms with Gasteiger partial charge in [-0.2, -0.15) is 0 Å². The molecule has 1 aromatic carbocycles. The van der Waals surface area contributed by atoms with Gasteiger partial charge in [-0.25, -0.2) is 0 Å². The average molecular weight is 320 g/mol. The van der Waals surface area contributed by atoms with E-state index in [-0.39, 0.29) is 5.78 Å². The molecule has 0 spiro atoms. The molecular formula is C17H20O6. The number of Topliss-reactive ketones (excluding diaryl/α,β-unsaturated/α-hetero) is 1. The predicted octanol–water partition coefficient (Wildman–Crippen LogP) is 2.11. The van der Waals surface area contributed by atoms with E-state index in [1.807, 2.05) is 0 Å². The fraction of sp³-hybridized carbons (Fsp3) is 0.412. The van der Waals surface area contributed by atoms with Gasteiger partial charge >= 0.3 is 5.97 Å². The monoisotopic (exact) mass is 320 g/mol. The van der Waals surface area contributed by atoms with Gasteiger partial charge in [0.25, 0.3) is 0 Å². The van der Waals surface area contributed by atoms with Crippen LogP contribution >= 0.6 is 0 Å². The SMILES string of the molecule is COC(=O)[C@@H]1C(=O)C(C)=C[C@H]1c1c(OC)cc(OC)cc1OC.